The molecule has 6 heteroatoms. The third-order valence-corrected chi connectivity index (χ3v) is 5.92. The molecule has 2 fully saturated rings. The molecule has 1 saturated heterocycles. The molecule has 1 atom stereocenters. The highest BCUT2D eigenvalue weighted by atomic mass is 16.5. The number of nitrogens with zero attached hydrogens (tertiary/aromatic N) is 4. The molecule has 6 nitrogen and oxygen atoms in total. The smallest absolute Gasteiger partial charge is 0.276 e. The van der Waals surface area contributed by atoms with Gasteiger partial charge in [-0.1, -0.05) is 61.2 Å². The quantitative estimate of drug-likeness (QED) is 0.734. The van der Waals surface area contributed by atoms with Gasteiger partial charge < -0.3 is 9.64 Å². The van der Waals surface area contributed by atoms with Crippen molar-refractivity contribution in [3.05, 3.63) is 47.8 Å². The van der Waals surface area contributed by atoms with E-state index in [0.29, 0.717) is 24.9 Å². The zero-order chi connectivity index (χ0) is 19.2. The molecule has 1 aromatic carbocycles. The second kappa shape index (κ2) is 9.32. The number of amides is 1. The number of hydrogen-bond donors (Lipinski definition) is 0. The molecule has 0 N–H and O–H groups in total. The zero-order valence-corrected chi connectivity index (χ0v) is 16.5. The Bertz CT molecular complexity index is 753. The number of benzene rings is 1. The molecule has 2 aromatic rings. The van der Waals surface area contributed by atoms with E-state index in [4.69, 9.17) is 4.74 Å². The van der Waals surface area contributed by atoms with Gasteiger partial charge in [-0.2, -0.15) is 0 Å². The molecule has 2 aliphatic rings. The van der Waals surface area contributed by atoms with Gasteiger partial charge >= 0.3 is 0 Å². The summed E-state index contributed by atoms with van der Waals surface area (Å²) in [6.07, 6.45) is 11.2. The summed E-state index contributed by atoms with van der Waals surface area (Å²) in [6, 6.07) is 10.6. The van der Waals surface area contributed by atoms with Crippen molar-refractivity contribution in [3.8, 4) is 0 Å². The first kappa shape index (κ1) is 19.1. The number of aromatic nitrogens is 3. The number of piperidine rings is 1. The van der Waals surface area contributed by atoms with Crippen molar-refractivity contribution in [3.63, 3.8) is 0 Å². The van der Waals surface area contributed by atoms with Crippen LogP contribution in [0.15, 0.2) is 36.5 Å². The molecule has 1 aliphatic carbocycles. The van der Waals surface area contributed by atoms with Crippen LogP contribution in [-0.2, 0) is 11.3 Å². The first-order valence-corrected chi connectivity index (χ1v) is 10.7. The van der Waals surface area contributed by atoms with Gasteiger partial charge in [-0.05, 0) is 31.2 Å². The van der Waals surface area contributed by atoms with Crippen LogP contribution in [-0.4, -0.2) is 45.0 Å². The fourth-order valence-electron chi connectivity index (χ4n) is 4.28. The van der Waals surface area contributed by atoms with Crippen LogP contribution in [0.1, 0.15) is 73.5 Å². The molecular weight excluding hydrogens is 352 g/mol. The molecule has 1 amide bonds. The highest BCUT2D eigenvalue weighted by Gasteiger charge is 2.27. The molecule has 150 valence electrons. The number of carbonyl (C=O) groups is 1. The molecule has 4 rings (SSSR count). The molecule has 0 radical (unpaired) electrons. The summed E-state index contributed by atoms with van der Waals surface area (Å²) < 4.78 is 7.99. The fraction of sp³-hybridized carbons (Fsp3) is 0.591. The van der Waals surface area contributed by atoms with Crippen LogP contribution in [0.2, 0.25) is 0 Å². The fourth-order valence-corrected chi connectivity index (χ4v) is 4.28. The van der Waals surface area contributed by atoms with Gasteiger partial charge in [-0.25, -0.2) is 4.68 Å². The predicted molar refractivity (Wildman–Crippen MR) is 107 cm³/mol. The Hall–Kier alpha value is -2.21. The lowest BCUT2D eigenvalue weighted by Crippen LogP contribution is -2.43. The van der Waals surface area contributed by atoms with E-state index in [1.165, 1.54) is 25.7 Å². The third kappa shape index (κ3) is 4.79. The Morgan fingerprint density at radius 2 is 1.82 bits per heavy atom. The molecular formula is C22H30N4O2. The second-order valence-electron chi connectivity index (χ2n) is 8.04. The Morgan fingerprint density at radius 3 is 2.61 bits per heavy atom. The van der Waals surface area contributed by atoms with Gasteiger partial charge in [0.05, 0.1) is 24.9 Å². The number of ether oxygens (including phenoxy) is 1. The second-order valence-corrected chi connectivity index (χ2v) is 8.04. The maximum atomic E-state index is 12.9. The van der Waals surface area contributed by atoms with E-state index in [1.54, 1.807) is 0 Å². The summed E-state index contributed by atoms with van der Waals surface area (Å²) in [4.78, 5) is 14.8. The standard InChI is InChI=1S/C22H30N4O2/c27-22(21-16-26(24-23-21)19-11-6-1-2-7-12-19)25-14-8-13-20(15-25)28-17-18-9-4-3-5-10-18/h3-5,9-10,16,19-20H,1-2,6-8,11-15,17H2. The minimum atomic E-state index is -0.0205. The van der Waals surface area contributed by atoms with E-state index in [-0.39, 0.29) is 12.0 Å². The van der Waals surface area contributed by atoms with Gasteiger partial charge in [0, 0.05) is 13.1 Å². The molecule has 28 heavy (non-hydrogen) atoms. The maximum absolute atomic E-state index is 12.9. The van der Waals surface area contributed by atoms with Crippen molar-refractivity contribution in [2.45, 2.75) is 70.1 Å². The zero-order valence-electron chi connectivity index (χ0n) is 16.5. The normalized spacial score (nSPS) is 21.4. The van der Waals surface area contributed by atoms with Crippen LogP contribution in [0.5, 0.6) is 0 Å². The number of hydrogen-bond acceptors (Lipinski definition) is 4. The lowest BCUT2D eigenvalue weighted by molar-refractivity contribution is -0.00689. The topological polar surface area (TPSA) is 60.2 Å². The minimum Gasteiger partial charge on any atom is -0.372 e. The Kier molecular flexibility index (Phi) is 6.37. The van der Waals surface area contributed by atoms with Gasteiger partial charge in [-0.3, -0.25) is 4.79 Å². The van der Waals surface area contributed by atoms with Crippen LogP contribution >= 0.6 is 0 Å². The van der Waals surface area contributed by atoms with Crippen molar-refractivity contribution in [1.82, 2.24) is 19.9 Å². The lowest BCUT2D eigenvalue weighted by Gasteiger charge is -2.32. The lowest BCUT2D eigenvalue weighted by atomic mass is 10.1. The van der Waals surface area contributed by atoms with Gasteiger partial charge in [-0.15, -0.1) is 5.10 Å². The summed E-state index contributed by atoms with van der Waals surface area (Å²) >= 11 is 0. The van der Waals surface area contributed by atoms with E-state index in [1.807, 2.05) is 34.0 Å². The van der Waals surface area contributed by atoms with E-state index in [9.17, 15) is 4.79 Å². The summed E-state index contributed by atoms with van der Waals surface area (Å²) in [7, 11) is 0. The predicted octanol–water partition coefficient (Wildman–Crippen LogP) is 3.99. The summed E-state index contributed by atoms with van der Waals surface area (Å²) in [6.45, 7) is 1.98. The summed E-state index contributed by atoms with van der Waals surface area (Å²) in [5.41, 5.74) is 1.63. The van der Waals surface area contributed by atoms with Gasteiger partial charge in [0.2, 0.25) is 0 Å². The maximum Gasteiger partial charge on any atom is 0.276 e. The van der Waals surface area contributed by atoms with Crippen LogP contribution in [0.4, 0.5) is 0 Å². The SMILES string of the molecule is O=C(c1cn(C2CCCCCC2)nn1)N1CCCC(OCc2ccccc2)C1. The monoisotopic (exact) mass is 382 g/mol. The average molecular weight is 383 g/mol. The Morgan fingerprint density at radius 1 is 1.04 bits per heavy atom. The molecule has 1 saturated carbocycles. The number of likely N-dealkylation sites (tertiary alicyclic amines) is 1. The Balaban J connectivity index is 1.33. The average Bonchev–Trinajstić information content (AvgIpc) is 3.08. The van der Waals surface area contributed by atoms with Gasteiger partial charge in [0.1, 0.15) is 0 Å². The van der Waals surface area contributed by atoms with Crippen molar-refractivity contribution in [1.29, 1.82) is 0 Å². The highest BCUT2D eigenvalue weighted by Crippen LogP contribution is 2.26. The van der Waals surface area contributed by atoms with Crippen LogP contribution in [0.3, 0.4) is 0 Å². The number of carbonyl (C=O) groups excluding carboxylic acids is 1. The minimum absolute atomic E-state index is 0.0205. The van der Waals surface area contributed by atoms with Crippen molar-refractivity contribution >= 4 is 5.91 Å². The molecule has 1 unspecified atom stereocenters. The van der Waals surface area contributed by atoms with Crippen molar-refractivity contribution < 1.29 is 9.53 Å². The molecule has 0 spiro atoms. The Labute approximate surface area is 166 Å². The first-order valence-electron chi connectivity index (χ1n) is 10.7. The number of rotatable bonds is 5. The molecule has 2 heterocycles. The van der Waals surface area contributed by atoms with Crippen molar-refractivity contribution in [2.75, 3.05) is 13.1 Å². The van der Waals surface area contributed by atoms with E-state index < -0.39 is 0 Å². The van der Waals surface area contributed by atoms with E-state index in [0.717, 1.165) is 37.8 Å². The van der Waals surface area contributed by atoms with Crippen LogP contribution < -0.4 is 0 Å². The molecule has 0 bridgehead atoms. The third-order valence-electron chi connectivity index (χ3n) is 5.92. The molecule has 1 aromatic heterocycles. The largest absolute Gasteiger partial charge is 0.372 e. The van der Waals surface area contributed by atoms with Gasteiger partial charge in [0.15, 0.2) is 5.69 Å². The first-order chi connectivity index (χ1) is 13.8. The van der Waals surface area contributed by atoms with Crippen LogP contribution in [0, 0.1) is 0 Å². The van der Waals surface area contributed by atoms with Crippen LogP contribution in [0.25, 0.3) is 0 Å². The van der Waals surface area contributed by atoms with Gasteiger partial charge in [0.25, 0.3) is 5.91 Å². The van der Waals surface area contributed by atoms with Crippen molar-refractivity contribution in [2.24, 2.45) is 0 Å². The highest BCUT2D eigenvalue weighted by molar-refractivity contribution is 5.92. The summed E-state index contributed by atoms with van der Waals surface area (Å²) in [5, 5.41) is 8.48. The van der Waals surface area contributed by atoms with E-state index >= 15 is 0 Å². The molecule has 1 aliphatic heterocycles. The van der Waals surface area contributed by atoms with E-state index in [2.05, 4.69) is 22.4 Å². The summed E-state index contributed by atoms with van der Waals surface area (Å²) in [5.74, 6) is -0.0205.